The molecule has 0 heterocycles. The van der Waals surface area contributed by atoms with Crippen molar-refractivity contribution in [2.45, 2.75) is 34.1 Å². The zero-order valence-electron chi connectivity index (χ0n) is 9.05. The van der Waals surface area contributed by atoms with E-state index < -0.39 is 0 Å². The summed E-state index contributed by atoms with van der Waals surface area (Å²) >= 11 is 0. The Kier molecular flexibility index (Phi) is 5.68. The first-order chi connectivity index (χ1) is 5.98. The van der Waals surface area contributed by atoms with Gasteiger partial charge in [0.05, 0.1) is 18.1 Å². The summed E-state index contributed by atoms with van der Waals surface area (Å²) in [6.07, 6.45) is 0.807. The lowest BCUT2D eigenvalue weighted by Crippen LogP contribution is -2.23. The van der Waals surface area contributed by atoms with Crippen molar-refractivity contribution in [2.24, 2.45) is 11.3 Å². The van der Waals surface area contributed by atoms with Gasteiger partial charge in [0.1, 0.15) is 0 Å². The summed E-state index contributed by atoms with van der Waals surface area (Å²) < 4.78 is 0. The first-order valence-electron chi connectivity index (χ1n) is 4.74. The molecule has 0 aliphatic carbocycles. The largest absolute Gasteiger partial charge is 0.302 e. The van der Waals surface area contributed by atoms with Crippen LogP contribution in [0, 0.1) is 22.7 Å². The van der Waals surface area contributed by atoms with Gasteiger partial charge in [0.15, 0.2) is 0 Å². The average Bonchev–Trinajstić information content (AvgIpc) is 2.03. The second-order valence-electron chi connectivity index (χ2n) is 4.34. The van der Waals surface area contributed by atoms with Gasteiger partial charge in [0.2, 0.25) is 0 Å². The molecule has 0 fully saturated rings. The number of nitriles is 1. The maximum absolute atomic E-state index is 8.72. The normalized spacial score (nSPS) is 11.7. The molecule has 1 N–H and O–H groups in total. The molecule has 0 aromatic heterocycles. The van der Waals surface area contributed by atoms with E-state index in [4.69, 9.17) is 10.1 Å². The first-order valence-corrected chi connectivity index (χ1v) is 4.74. The van der Waals surface area contributed by atoms with Crippen molar-refractivity contribution in [2.75, 3.05) is 13.2 Å². The average molecular weight is 184 g/mol. The lowest BCUT2D eigenvalue weighted by molar-refractivity contribution is 0.0203. The van der Waals surface area contributed by atoms with E-state index >= 15 is 0 Å². The molecule has 0 radical (unpaired) electrons. The summed E-state index contributed by atoms with van der Waals surface area (Å²) in [5.74, 6) is 0.538. The Hall–Kier alpha value is -0.590. The Morgan fingerprint density at radius 1 is 1.46 bits per heavy atom. The third-order valence-corrected chi connectivity index (χ3v) is 1.67. The molecule has 0 saturated carbocycles. The summed E-state index contributed by atoms with van der Waals surface area (Å²) in [5, 5.41) is 8.72. The number of nitrogens with zero attached hydrogens (tertiary/aromatic N) is 1. The molecular formula is C10H20N2O. The van der Waals surface area contributed by atoms with Crippen LogP contribution in [-0.4, -0.2) is 13.2 Å². The summed E-state index contributed by atoms with van der Waals surface area (Å²) in [6.45, 7) is 9.50. The summed E-state index contributed by atoms with van der Waals surface area (Å²) in [4.78, 5) is 5.18. The van der Waals surface area contributed by atoms with E-state index in [2.05, 4.69) is 25.4 Å². The van der Waals surface area contributed by atoms with E-state index in [0.717, 1.165) is 13.0 Å². The Morgan fingerprint density at radius 3 is 2.54 bits per heavy atom. The topological polar surface area (TPSA) is 45.0 Å². The van der Waals surface area contributed by atoms with E-state index in [1.165, 1.54) is 0 Å². The van der Waals surface area contributed by atoms with Gasteiger partial charge >= 0.3 is 0 Å². The third-order valence-electron chi connectivity index (χ3n) is 1.67. The van der Waals surface area contributed by atoms with E-state index in [1.807, 2.05) is 13.8 Å². The molecule has 0 rings (SSSR count). The minimum Gasteiger partial charge on any atom is -0.302 e. The molecule has 0 aromatic rings. The highest BCUT2D eigenvalue weighted by atomic mass is 16.6. The molecule has 0 spiro atoms. The molecule has 0 aliphatic heterocycles. The van der Waals surface area contributed by atoms with Gasteiger partial charge in [-0.15, -0.1) is 0 Å². The highest BCUT2D eigenvalue weighted by molar-refractivity contribution is 4.91. The fraction of sp³-hybridized carbons (Fsp3) is 0.900. The maximum atomic E-state index is 8.72. The minimum absolute atomic E-state index is 0.256. The van der Waals surface area contributed by atoms with Gasteiger partial charge in [-0.2, -0.15) is 5.26 Å². The second kappa shape index (κ2) is 5.95. The van der Waals surface area contributed by atoms with Crippen LogP contribution < -0.4 is 5.48 Å². The van der Waals surface area contributed by atoms with Crippen molar-refractivity contribution in [3.05, 3.63) is 0 Å². The van der Waals surface area contributed by atoms with Crippen LogP contribution in [0.15, 0.2) is 0 Å². The molecular weight excluding hydrogens is 164 g/mol. The van der Waals surface area contributed by atoms with Gasteiger partial charge in [-0.3, -0.25) is 0 Å². The standard InChI is InChI=1S/C10H20N2O/c1-9(2)7-13-12-6-5-10(3,4)8-11/h9,12H,5-7H2,1-4H3. The highest BCUT2D eigenvalue weighted by Gasteiger charge is 2.15. The predicted molar refractivity (Wildman–Crippen MR) is 52.8 cm³/mol. The predicted octanol–water partition coefficient (Wildman–Crippen LogP) is 2.10. The van der Waals surface area contributed by atoms with E-state index in [9.17, 15) is 0 Å². The molecule has 0 amide bonds. The Balaban J connectivity index is 3.32. The molecule has 0 aromatic carbocycles. The molecule has 0 aliphatic rings. The van der Waals surface area contributed by atoms with E-state index in [1.54, 1.807) is 0 Å². The SMILES string of the molecule is CC(C)CONCCC(C)(C)C#N. The van der Waals surface area contributed by atoms with Crippen molar-refractivity contribution in [3.63, 3.8) is 0 Å². The van der Waals surface area contributed by atoms with Gasteiger partial charge in [-0.1, -0.05) is 13.8 Å². The molecule has 3 nitrogen and oxygen atoms in total. The summed E-state index contributed by atoms with van der Waals surface area (Å²) in [5.41, 5.74) is 2.60. The lowest BCUT2D eigenvalue weighted by Gasteiger charge is -2.15. The number of hydrogen-bond donors (Lipinski definition) is 1. The fourth-order valence-corrected chi connectivity index (χ4v) is 0.717. The highest BCUT2D eigenvalue weighted by Crippen LogP contribution is 2.16. The molecule has 0 unspecified atom stereocenters. The summed E-state index contributed by atoms with van der Waals surface area (Å²) in [6, 6.07) is 2.25. The number of hydrogen-bond acceptors (Lipinski definition) is 3. The Bertz CT molecular complexity index is 170. The number of hydroxylamine groups is 1. The molecule has 3 heteroatoms. The van der Waals surface area contributed by atoms with Crippen LogP contribution in [0.1, 0.15) is 34.1 Å². The van der Waals surface area contributed by atoms with Gasteiger partial charge in [-0.05, 0) is 26.2 Å². The number of rotatable bonds is 6. The quantitative estimate of drug-likeness (QED) is 0.508. The minimum atomic E-state index is -0.256. The van der Waals surface area contributed by atoms with Crippen molar-refractivity contribution < 1.29 is 4.84 Å². The smallest absolute Gasteiger partial charge is 0.0705 e. The number of nitrogens with one attached hydrogen (secondary N) is 1. The van der Waals surface area contributed by atoms with Crippen LogP contribution in [-0.2, 0) is 4.84 Å². The molecule has 13 heavy (non-hydrogen) atoms. The maximum Gasteiger partial charge on any atom is 0.0705 e. The molecule has 76 valence electrons. The second-order valence-corrected chi connectivity index (χ2v) is 4.34. The third kappa shape index (κ3) is 7.76. The summed E-state index contributed by atoms with van der Waals surface area (Å²) in [7, 11) is 0. The van der Waals surface area contributed by atoms with Crippen LogP contribution in [0.2, 0.25) is 0 Å². The Morgan fingerprint density at radius 2 is 2.08 bits per heavy atom. The molecule has 0 bridgehead atoms. The van der Waals surface area contributed by atoms with Gasteiger partial charge in [-0.25, -0.2) is 5.48 Å². The lowest BCUT2D eigenvalue weighted by atomic mass is 9.92. The van der Waals surface area contributed by atoms with E-state index in [-0.39, 0.29) is 5.41 Å². The zero-order valence-corrected chi connectivity index (χ0v) is 9.05. The van der Waals surface area contributed by atoms with Crippen LogP contribution in [0.25, 0.3) is 0 Å². The van der Waals surface area contributed by atoms with Crippen molar-refractivity contribution in [1.29, 1.82) is 5.26 Å². The van der Waals surface area contributed by atoms with Crippen LogP contribution in [0.5, 0.6) is 0 Å². The van der Waals surface area contributed by atoms with Crippen LogP contribution in [0.4, 0.5) is 0 Å². The van der Waals surface area contributed by atoms with Crippen LogP contribution in [0.3, 0.4) is 0 Å². The zero-order chi connectivity index (χ0) is 10.3. The van der Waals surface area contributed by atoms with Crippen molar-refractivity contribution in [1.82, 2.24) is 5.48 Å². The fourth-order valence-electron chi connectivity index (χ4n) is 0.717. The van der Waals surface area contributed by atoms with Crippen molar-refractivity contribution in [3.8, 4) is 6.07 Å². The van der Waals surface area contributed by atoms with Gasteiger partial charge < -0.3 is 4.84 Å². The Labute approximate surface area is 81.0 Å². The molecule has 0 saturated heterocycles. The van der Waals surface area contributed by atoms with Crippen molar-refractivity contribution >= 4 is 0 Å². The van der Waals surface area contributed by atoms with E-state index in [0.29, 0.717) is 12.5 Å². The first kappa shape index (κ1) is 12.4. The monoisotopic (exact) mass is 184 g/mol. The van der Waals surface area contributed by atoms with Gasteiger partial charge in [0, 0.05) is 6.54 Å². The van der Waals surface area contributed by atoms with Crippen LogP contribution >= 0.6 is 0 Å². The molecule has 0 atom stereocenters. The van der Waals surface area contributed by atoms with Gasteiger partial charge in [0.25, 0.3) is 0 Å².